The molecule has 0 aromatic heterocycles. The number of hydrogen-bond acceptors (Lipinski definition) is 1. The highest BCUT2D eigenvalue weighted by Gasteiger charge is 2.30. The second-order valence-electron chi connectivity index (χ2n) is 4.64. The predicted molar refractivity (Wildman–Crippen MR) is 87.3 cm³/mol. The third-order valence-electron chi connectivity index (χ3n) is 3.43. The van der Waals surface area contributed by atoms with Gasteiger partial charge in [-0.15, -0.1) is 0 Å². The highest BCUT2D eigenvalue weighted by Crippen LogP contribution is 2.67. The van der Waals surface area contributed by atoms with Crippen molar-refractivity contribution in [1.29, 1.82) is 5.26 Å². The van der Waals surface area contributed by atoms with Crippen LogP contribution >= 0.6 is 10.0 Å². The molecule has 0 aliphatic carbocycles. The Morgan fingerprint density at radius 3 is 1.05 bits per heavy atom. The molecule has 0 spiro atoms. The molecule has 0 fully saturated rings. The van der Waals surface area contributed by atoms with Crippen molar-refractivity contribution in [3.63, 3.8) is 0 Å². The molecular weight excluding hydrogens is 274 g/mol. The summed E-state index contributed by atoms with van der Waals surface area (Å²) in [6.07, 6.45) is 0. The van der Waals surface area contributed by atoms with E-state index >= 15 is 0 Å². The van der Waals surface area contributed by atoms with E-state index in [9.17, 15) is 5.26 Å². The minimum Gasteiger partial charge on any atom is -0.186 e. The minimum atomic E-state index is -1.86. The molecule has 0 bridgehead atoms. The van der Waals surface area contributed by atoms with Crippen molar-refractivity contribution in [2.45, 2.75) is 14.7 Å². The van der Waals surface area contributed by atoms with E-state index in [2.05, 4.69) is 41.8 Å². The maximum atomic E-state index is 10.1. The number of benzene rings is 3. The molecule has 102 valence electrons. The molecule has 0 aliphatic heterocycles. The van der Waals surface area contributed by atoms with E-state index in [0.29, 0.717) is 0 Å². The summed E-state index contributed by atoms with van der Waals surface area (Å²) in [6.45, 7) is 0. The van der Waals surface area contributed by atoms with E-state index in [4.69, 9.17) is 0 Å². The zero-order valence-corrected chi connectivity index (χ0v) is 12.3. The Morgan fingerprint density at radius 1 is 0.524 bits per heavy atom. The lowest BCUT2D eigenvalue weighted by Crippen LogP contribution is -2.00. The summed E-state index contributed by atoms with van der Waals surface area (Å²) in [7, 11) is -1.86. The van der Waals surface area contributed by atoms with Crippen LogP contribution in [0, 0.1) is 10.7 Å². The van der Waals surface area contributed by atoms with Crippen molar-refractivity contribution < 1.29 is 0 Å². The van der Waals surface area contributed by atoms with Gasteiger partial charge in [-0.3, -0.25) is 0 Å². The fourth-order valence-corrected chi connectivity index (χ4v) is 5.27. The van der Waals surface area contributed by atoms with Crippen LogP contribution in [0.15, 0.2) is 106 Å². The number of thiocyanates is 1. The molecule has 0 saturated carbocycles. The molecule has 0 amide bonds. The predicted octanol–water partition coefficient (Wildman–Crippen LogP) is 5.45. The van der Waals surface area contributed by atoms with Crippen molar-refractivity contribution in [3.8, 4) is 5.40 Å². The first-order chi connectivity index (χ1) is 10.4. The van der Waals surface area contributed by atoms with Crippen LogP contribution in [0.5, 0.6) is 0 Å². The van der Waals surface area contributed by atoms with Gasteiger partial charge in [0.05, 0.1) is 0 Å². The van der Waals surface area contributed by atoms with Crippen LogP contribution in [0.4, 0.5) is 0 Å². The fourth-order valence-electron chi connectivity index (χ4n) is 2.44. The second kappa shape index (κ2) is 5.87. The van der Waals surface area contributed by atoms with E-state index in [1.54, 1.807) is 0 Å². The van der Waals surface area contributed by atoms with Gasteiger partial charge in [-0.2, -0.15) is 5.26 Å². The highest BCUT2D eigenvalue weighted by atomic mass is 32.3. The van der Waals surface area contributed by atoms with Crippen LogP contribution in [0.3, 0.4) is 0 Å². The summed E-state index contributed by atoms with van der Waals surface area (Å²) in [5, 5.41) is 12.8. The van der Waals surface area contributed by atoms with E-state index in [1.807, 2.05) is 54.6 Å². The summed E-state index contributed by atoms with van der Waals surface area (Å²) in [5.74, 6) is 0. The lowest BCUT2D eigenvalue weighted by molar-refractivity contribution is 1.30. The summed E-state index contributed by atoms with van der Waals surface area (Å²) in [6, 6.07) is 30.3. The smallest absolute Gasteiger partial charge is 0.126 e. The second-order valence-corrected chi connectivity index (χ2v) is 7.46. The Labute approximate surface area is 126 Å². The lowest BCUT2D eigenvalue weighted by atomic mass is 10.4. The molecule has 3 aromatic carbocycles. The van der Waals surface area contributed by atoms with Gasteiger partial charge in [-0.1, -0.05) is 64.6 Å². The van der Waals surface area contributed by atoms with Crippen molar-refractivity contribution >= 4 is 10.0 Å². The minimum absolute atomic E-state index is 1.07. The van der Waals surface area contributed by atoms with Crippen molar-refractivity contribution in [2.75, 3.05) is 0 Å². The zero-order valence-electron chi connectivity index (χ0n) is 11.5. The molecule has 3 aromatic rings. The third kappa shape index (κ3) is 2.33. The van der Waals surface area contributed by atoms with Gasteiger partial charge in [0.25, 0.3) is 0 Å². The quantitative estimate of drug-likeness (QED) is 0.588. The topological polar surface area (TPSA) is 23.8 Å². The summed E-state index contributed by atoms with van der Waals surface area (Å²) >= 11 is 0. The van der Waals surface area contributed by atoms with Gasteiger partial charge in [0.15, 0.2) is 0 Å². The van der Waals surface area contributed by atoms with Gasteiger partial charge in [0, 0.05) is 14.7 Å². The lowest BCUT2D eigenvalue weighted by Gasteiger charge is -2.33. The van der Waals surface area contributed by atoms with Crippen LogP contribution in [0.2, 0.25) is 0 Å². The number of nitrogens with zero attached hydrogens (tertiary/aromatic N) is 1. The first kappa shape index (κ1) is 13.5. The van der Waals surface area contributed by atoms with Crippen molar-refractivity contribution in [2.24, 2.45) is 0 Å². The SMILES string of the molecule is N#CS(c1ccccc1)(c1ccccc1)c1ccccc1. The van der Waals surface area contributed by atoms with Gasteiger partial charge in [-0.05, 0) is 36.4 Å². The van der Waals surface area contributed by atoms with Crippen LogP contribution in [0.1, 0.15) is 0 Å². The van der Waals surface area contributed by atoms with E-state index < -0.39 is 10.0 Å². The fraction of sp³-hybridized carbons (Fsp3) is 0. The van der Waals surface area contributed by atoms with E-state index in [1.165, 1.54) is 0 Å². The van der Waals surface area contributed by atoms with E-state index in [0.717, 1.165) is 14.7 Å². The van der Waals surface area contributed by atoms with Gasteiger partial charge in [0.2, 0.25) is 0 Å². The maximum absolute atomic E-state index is 10.1. The molecule has 0 aliphatic rings. The number of hydrogen-bond donors (Lipinski definition) is 0. The van der Waals surface area contributed by atoms with Crippen LogP contribution in [-0.2, 0) is 0 Å². The van der Waals surface area contributed by atoms with Gasteiger partial charge < -0.3 is 0 Å². The Balaban J connectivity index is 2.32. The Bertz CT molecular complexity index is 649. The molecule has 0 heterocycles. The molecule has 1 nitrogen and oxygen atoms in total. The Morgan fingerprint density at radius 2 is 0.810 bits per heavy atom. The summed E-state index contributed by atoms with van der Waals surface area (Å²) in [5.41, 5.74) is 0. The third-order valence-corrected chi connectivity index (χ3v) is 6.64. The summed E-state index contributed by atoms with van der Waals surface area (Å²) < 4.78 is 0. The molecule has 3 rings (SSSR count). The van der Waals surface area contributed by atoms with Crippen LogP contribution < -0.4 is 0 Å². The average molecular weight is 289 g/mol. The molecule has 0 unspecified atom stereocenters. The first-order valence-corrected chi connectivity index (χ1v) is 8.41. The molecule has 21 heavy (non-hydrogen) atoms. The molecule has 0 atom stereocenters. The monoisotopic (exact) mass is 289 g/mol. The maximum Gasteiger partial charge on any atom is 0.126 e. The molecule has 0 N–H and O–H groups in total. The van der Waals surface area contributed by atoms with Crippen LogP contribution in [0.25, 0.3) is 0 Å². The molecule has 2 heteroatoms. The average Bonchev–Trinajstić information content (AvgIpc) is 2.59. The van der Waals surface area contributed by atoms with Gasteiger partial charge in [0.1, 0.15) is 5.40 Å². The Hall–Kier alpha value is -2.50. The van der Waals surface area contributed by atoms with Crippen LogP contribution in [-0.4, -0.2) is 0 Å². The molecule has 0 radical (unpaired) electrons. The molecule has 0 saturated heterocycles. The Kier molecular flexibility index (Phi) is 3.77. The van der Waals surface area contributed by atoms with Gasteiger partial charge in [-0.25, -0.2) is 0 Å². The summed E-state index contributed by atoms with van der Waals surface area (Å²) in [4.78, 5) is 3.22. The van der Waals surface area contributed by atoms with Crippen molar-refractivity contribution in [1.82, 2.24) is 0 Å². The number of nitriles is 1. The van der Waals surface area contributed by atoms with Crippen molar-refractivity contribution in [3.05, 3.63) is 91.0 Å². The zero-order chi connectivity index (χ0) is 14.5. The molecular formula is C19H15NS. The highest BCUT2D eigenvalue weighted by molar-refractivity contribution is 8.37. The van der Waals surface area contributed by atoms with E-state index in [-0.39, 0.29) is 0 Å². The van der Waals surface area contributed by atoms with Gasteiger partial charge >= 0.3 is 0 Å². The normalized spacial score (nSPS) is 11.6. The standard InChI is InChI=1S/C19H15NS/c20-16-21(17-10-4-1-5-11-17,18-12-6-2-7-13-18)19-14-8-3-9-15-19/h1-15H. The first-order valence-electron chi connectivity index (χ1n) is 6.77. The number of rotatable bonds is 3. The largest absolute Gasteiger partial charge is 0.186 e.